The van der Waals surface area contributed by atoms with E-state index in [1.807, 2.05) is 39.0 Å². The number of nitrogens with one attached hydrogen (secondary N) is 1. The van der Waals surface area contributed by atoms with E-state index in [0.29, 0.717) is 9.99 Å². The minimum Gasteiger partial charge on any atom is -0.324 e. The number of benzene rings is 3. The van der Waals surface area contributed by atoms with E-state index < -0.39 is 34.2 Å². The summed E-state index contributed by atoms with van der Waals surface area (Å²) in [5, 5.41) is 2.77. The maximum Gasteiger partial charge on any atom is 0.416 e. The van der Waals surface area contributed by atoms with Crippen LogP contribution in [0.15, 0.2) is 71.6 Å². The molecule has 9 heteroatoms. The zero-order chi connectivity index (χ0) is 26.0. The average molecular weight is 505 g/mol. The predicted octanol–water partition coefficient (Wildman–Crippen LogP) is 6.28. The molecule has 3 aromatic carbocycles. The molecule has 0 atom stereocenters. The first-order valence-corrected chi connectivity index (χ1v) is 12.4. The number of aryl methyl sites for hydroxylation is 2. The molecule has 5 nitrogen and oxygen atoms in total. The zero-order valence-electron chi connectivity index (χ0n) is 19.8. The van der Waals surface area contributed by atoms with Crippen LogP contribution in [-0.4, -0.2) is 20.9 Å². The number of para-hydroxylation sites is 1. The largest absolute Gasteiger partial charge is 0.416 e. The number of alkyl halides is 3. The molecular weight excluding hydrogens is 477 g/mol. The van der Waals surface area contributed by atoms with Crippen LogP contribution in [0, 0.1) is 13.8 Å². The number of amides is 1. The SMILES string of the molecule is Cc1ccc(S(=O)(=O)N(CC(=O)Nc2c(C)cccc2C(C)C)c2cccc(C(F)(F)F)c2)cc1. The van der Waals surface area contributed by atoms with Gasteiger partial charge < -0.3 is 5.32 Å². The van der Waals surface area contributed by atoms with E-state index in [1.165, 1.54) is 18.2 Å². The number of carbonyl (C=O) groups excluding carboxylic acids is 1. The maximum absolute atomic E-state index is 13.5. The minimum atomic E-state index is -4.68. The summed E-state index contributed by atoms with van der Waals surface area (Å²) >= 11 is 0. The smallest absolute Gasteiger partial charge is 0.324 e. The summed E-state index contributed by atoms with van der Waals surface area (Å²) in [6.45, 7) is 6.81. The van der Waals surface area contributed by atoms with Crippen molar-refractivity contribution in [2.24, 2.45) is 0 Å². The summed E-state index contributed by atoms with van der Waals surface area (Å²) in [5.41, 5.74) is 1.75. The first-order valence-electron chi connectivity index (χ1n) is 11.0. The number of hydrogen-bond acceptors (Lipinski definition) is 3. The molecule has 0 aliphatic rings. The third-order valence-electron chi connectivity index (χ3n) is 5.55. The van der Waals surface area contributed by atoms with Crippen LogP contribution in [0.5, 0.6) is 0 Å². The summed E-state index contributed by atoms with van der Waals surface area (Å²) in [4.78, 5) is 13.0. The molecule has 1 amide bonds. The van der Waals surface area contributed by atoms with Gasteiger partial charge in [0.05, 0.1) is 16.1 Å². The molecule has 0 bridgehead atoms. The summed E-state index contributed by atoms with van der Waals surface area (Å²) in [6.07, 6.45) is -4.68. The fourth-order valence-corrected chi connectivity index (χ4v) is 5.05. The third kappa shape index (κ3) is 6.03. The van der Waals surface area contributed by atoms with Gasteiger partial charge in [0, 0.05) is 5.69 Å². The van der Waals surface area contributed by atoms with Gasteiger partial charge in [0.1, 0.15) is 6.54 Å². The van der Waals surface area contributed by atoms with Crippen LogP contribution in [-0.2, 0) is 21.0 Å². The fourth-order valence-electron chi connectivity index (χ4n) is 3.64. The molecule has 0 fully saturated rings. The van der Waals surface area contributed by atoms with Crippen molar-refractivity contribution in [2.45, 2.75) is 44.7 Å². The summed E-state index contributed by atoms with van der Waals surface area (Å²) in [5.74, 6) is -0.588. The first-order chi connectivity index (χ1) is 16.3. The van der Waals surface area contributed by atoms with Gasteiger partial charge in [-0.05, 0) is 61.2 Å². The topological polar surface area (TPSA) is 66.5 Å². The lowest BCUT2D eigenvalue weighted by atomic mass is 9.98. The Hall–Kier alpha value is -3.33. The highest BCUT2D eigenvalue weighted by molar-refractivity contribution is 7.92. The van der Waals surface area contributed by atoms with Gasteiger partial charge in [-0.1, -0.05) is 55.8 Å². The quantitative estimate of drug-likeness (QED) is 0.412. The van der Waals surface area contributed by atoms with Crippen LogP contribution in [0.25, 0.3) is 0 Å². The second-order valence-corrected chi connectivity index (χ2v) is 10.5. The Kier molecular flexibility index (Phi) is 7.59. The number of halogens is 3. The van der Waals surface area contributed by atoms with Gasteiger partial charge in [-0.2, -0.15) is 13.2 Å². The van der Waals surface area contributed by atoms with E-state index in [9.17, 15) is 26.4 Å². The Bertz CT molecular complexity index is 1320. The fraction of sp³-hybridized carbons (Fsp3) is 0.269. The number of anilines is 2. The molecular formula is C26H27F3N2O3S. The Morgan fingerprint density at radius 1 is 0.971 bits per heavy atom. The van der Waals surface area contributed by atoms with Crippen LogP contribution in [0.3, 0.4) is 0 Å². The molecule has 3 rings (SSSR count). The highest BCUT2D eigenvalue weighted by Crippen LogP contribution is 2.33. The normalized spacial score (nSPS) is 12.0. The van der Waals surface area contributed by atoms with Gasteiger partial charge in [-0.25, -0.2) is 8.42 Å². The van der Waals surface area contributed by atoms with Crippen molar-refractivity contribution in [3.63, 3.8) is 0 Å². The average Bonchev–Trinajstić information content (AvgIpc) is 2.78. The highest BCUT2D eigenvalue weighted by Gasteiger charge is 2.33. The lowest BCUT2D eigenvalue weighted by molar-refractivity contribution is -0.137. The maximum atomic E-state index is 13.5. The van der Waals surface area contributed by atoms with Crippen molar-refractivity contribution in [2.75, 3.05) is 16.2 Å². The van der Waals surface area contributed by atoms with Crippen LogP contribution in [0.2, 0.25) is 0 Å². The lowest BCUT2D eigenvalue weighted by Gasteiger charge is -2.25. The van der Waals surface area contributed by atoms with Crippen molar-refractivity contribution >= 4 is 27.3 Å². The molecule has 186 valence electrons. The van der Waals surface area contributed by atoms with E-state index in [2.05, 4.69) is 5.32 Å². The lowest BCUT2D eigenvalue weighted by Crippen LogP contribution is -2.38. The second-order valence-electron chi connectivity index (χ2n) is 8.61. The highest BCUT2D eigenvalue weighted by atomic mass is 32.2. The molecule has 0 aliphatic carbocycles. The van der Waals surface area contributed by atoms with Crippen LogP contribution in [0.4, 0.5) is 24.5 Å². The molecule has 0 aromatic heterocycles. The van der Waals surface area contributed by atoms with Crippen LogP contribution in [0.1, 0.15) is 42.0 Å². The molecule has 35 heavy (non-hydrogen) atoms. The molecule has 0 saturated heterocycles. The summed E-state index contributed by atoms with van der Waals surface area (Å²) in [6, 6.07) is 15.4. The molecule has 3 aromatic rings. The van der Waals surface area contributed by atoms with Crippen LogP contribution >= 0.6 is 0 Å². The van der Waals surface area contributed by atoms with Gasteiger partial charge in [0.25, 0.3) is 10.0 Å². The number of rotatable bonds is 7. The number of carbonyl (C=O) groups is 1. The summed E-state index contributed by atoms with van der Waals surface area (Å²) < 4.78 is 67.8. The van der Waals surface area contributed by atoms with Crippen molar-refractivity contribution < 1.29 is 26.4 Å². The molecule has 0 unspecified atom stereocenters. The molecule has 0 heterocycles. The Balaban J connectivity index is 2.05. The van der Waals surface area contributed by atoms with E-state index in [0.717, 1.165) is 34.9 Å². The Labute approximate surface area is 203 Å². The van der Waals surface area contributed by atoms with Crippen LogP contribution < -0.4 is 9.62 Å². The van der Waals surface area contributed by atoms with E-state index >= 15 is 0 Å². The van der Waals surface area contributed by atoms with Gasteiger partial charge in [0.2, 0.25) is 5.91 Å². The van der Waals surface area contributed by atoms with Crippen molar-refractivity contribution in [1.29, 1.82) is 0 Å². The van der Waals surface area contributed by atoms with Gasteiger partial charge >= 0.3 is 6.18 Å². The van der Waals surface area contributed by atoms with Crippen molar-refractivity contribution in [3.8, 4) is 0 Å². The predicted molar refractivity (Wildman–Crippen MR) is 131 cm³/mol. The standard InChI is InChI=1S/C26H27F3N2O3S/c1-17(2)23-10-5-7-19(4)25(23)30-24(32)16-31(21-9-6-8-20(15-21)26(27,28)29)35(33,34)22-13-11-18(3)12-14-22/h5-15,17H,16H2,1-4H3,(H,30,32). The molecule has 0 spiro atoms. The van der Waals surface area contributed by atoms with Gasteiger partial charge in [-0.15, -0.1) is 0 Å². The van der Waals surface area contributed by atoms with E-state index in [-0.39, 0.29) is 16.5 Å². The monoisotopic (exact) mass is 504 g/mol. The van der Waals surface area contributed by atoms with E-state index in [4.69, 9.17) is 0 Å². The molecule has 1 N–H and O–H groups in total. The third-order valence-corrected chi connectivity index (χ3v) is 7.34. The first kappa shape index (κ1) is 26.3. The van der Waals surface area contributed by atoms with E-state index in [1.54, 1.807) is 19.1 Å². The summed E-state index contributed by atoms with van der Waals surface area (Å²) in [7, 11) is -4.35. The number of sulfonamides is 1. The zero-order valence-corrected chi connectivity index (χ0v) is 20.7. The Morgan fingerprint density at radius 2 is 1.60 bits per heavy atom. The van der Waals surface area contributed by atoms with Crippen molar-refractivity contribution in [3.05, 3.63) is 89.0 Å². The minimum absolute atomic E-state index is 0.0843. The Morgan fingerprint density at radius 3 is 2.20 bits per heavy atom. The molecule has 0 aliphatic heterocycles. The van der Waals surface area contributed by atoms with Gasteiger partial charge in [0.15, 0.2) is 0 Å². The number of nitrogens with zero attached hydrogens (tertiary/aromatic N) is 1. The molecule has 0 saturated carbocycles. The molecule has 0 radical (unpaired) electrons. The van der Waals surface area contributed by atoms with Crippen molar-refractivity contribution in [1.82, 2.24) is 0 Å². The second kappa shape index (κ2) is 10.1. The number of hydrogen-bond donors (Lipinski definition) is 1. The van der Waals surface area contributed by atoms with Gasteiger partial charge in [-0.3, -0.25) is 9.10 Å².